The quantitative estimate of drug-likeness (QED) is 0.0848. The number of carbonyl (C=O) groups is 4. The van der Waals surface area contributed by atoms with Gasteiger partial charge in [-0.15, -0.1) is 0 Å². The molecule has 3 aromatic rings. The van der Waals surface area contributed by atoms with Crippen LogP contribution in [0.1, 0.15) is 103 Å². The van der Waals surface area contributed by atoms with Gasteiger partial charge in [0.25, 0.3) is 5.91 Å². The molecule has 0 bridgehead atoms. The number of benzene rings is 3. The van der Waals surface area contributed by atoms with E-state index in [1.54, 1.807) is 65.8 Å². The first kappa shape index (κ1) is 43.6. The molecule has 0 unspecified atom stereocenters. The maximum Gasteiger partial charge on any atom is 0.336 e. The SMILES string of the molecule is CC(C)(C)OP(=O)(Cc1ccc(C[C@H](F)C(=O)NC2(C(=O)N[C@@H](CC(N)=O)C(=O)NCCCc3cccc4ccccc34)CCCCC2)cc1)OC(C)(C)C. The van der Waals surface area contributed by atoms with Gasteiger partial charge in [0.05, 0.1) is 23.8 Å². The zero-order valence-corrected chi connectivity index (χ0v) is 33.9. The van der Waals surface area contributed by atoms with Gasteiger partial charge < -0.3 is 30.7 Å². The van der Waals surface area contributed by atoms with Gasteiger partial charge in [0.2, 0.25) is 17.7 Å². The van der Waals surface area contributed by atoms with Crippen molar-refractivity contribution >= 4 is 42.0 Å². The zero-order chi connectivity index (χ0) is 40.4. The van der Waals surface area contributed by atoms with Crippen molar-refractivity contribution in [2.24, 2.45) is 5.73 Å². The van der Waals surface area contributed by atoms with Crippen molar-refractivity contribution in [1.82, 2.24) is 16.0 Å². The molecule has 300 valence electrons. The number of alkyl halides is 1. The van der Waals surface area contributed by atoms with Gasteiger partial charge in [0.15, 0.2) is 6.17 Å². The molecule has 0 spiro atoms. The van der Waals surface area contributed by atoms with Crippen LogP contribution in [0.3, 0.4) is 0 Å². The van der Waals surface area contributed by atoms with Crippen LogP contribution < -0.4 is 21.7 Å². The average Bonchev–Trinajstić information content (AvgIpc) is 3.09. The van der Waals surface area contributed by atoms with Crippen LogP contribution in [0.5, 0.6) is 0 Å². The standard InChI is InChI=1S/C42H58FN4O7P/c1-40(2,3)53-55(52,54-41(4,5)6)28-30-21-19-29(20-22-30)26-34(43)37(49)47-42(23-10-7-11-24-42)39(51)46-35(27-36(44)48)38(50)45-25-13-17-32-16-12-15-31-14-8-9-18-33(31)32/h8-9,12,14-16,18-22,34-35H,7,10-11,13,17,23-28H2,1-6H3,(H2,44,48)(H,45,50)(H,46,51)(H,47,49)/t34-,35-/m0/s1. The van der Waals surface area contributed by atoms with Gasteiger partial charge in [0, 0.05) is 13.0 Å². The number of aryl methyl sites for hydroxylation is 1. The number of amides is 4. The van der Waals surface area contributed by atoms with Crippen molar-refractivity contribution in [3.05, 3.63) is 83.4 Å². The predicted molar refractivity (Wildman–Crippen MR) is 213 cm³/mol. The molecule has 13 heteroatoms. The summed E-state index contributed by atoms with van der Waals surface area (Å²) in [6, 6.07) is 19.6. The minimum absolute atomic E-state index is 0.0128. The van der Waals surface area contributed by atoms with Crippen molar-refractivity contribution in [2.75, 3.05) is 6.54 Å². The average molecular weight is 781 g/mol. The molecule has 4 amide bonds. The molecule has 11 nitrogen and oxygen atoms in total. The second-order valence-electron chi connectivity index (χ2n) is 16.5. The van der Waals surface area contributed by atoms with Crippen LogP contribution in [0, 0.1) is 0 Å². The molecule has 5 N–H and O–H groups in total. The van der Waals surface area contributed by atoms with Gasteiger partial charge in [-0.3, -0.25) is 23.7 Å². The van der Waals surface area contributed by atoms with Crippen molar-refractivity contribution < 1.29 is 37.2 Å². The van der Waals surface area contributed by atoms with Gasteiger partial charge in [0.1, 0.15) is 11.6 Å². The Labute approximate surface area is 324 Å². The Morgan fingerprint density at radius 3 is 2.05 bits per heavy atom. The van der Waals surface area contributed by atoms with E-state index in [-0.39, 0.29) is 25.4 Å². The van der Waals surface area contributed by atoms with Crippen molar-refractivity contribution in [2.45, 2.75) is 134 Å². The molecule has 0 aliphatic heterocycles. The number of halogens is 1. The lowest BCUT2D eigenvalue weighted by atomic mass is 9.80. The fourth-order valence-electron chi connectivity index (χ4n) is 6.93. The zero-order valence-electron chi connectivity index (χ0n) is 33.0. The van der Waals surface area contributed by atoms with Gasteiger partial charge in [-0.2, -0.15) is 0 Å². The normalized spacial score (nSPS) is 15.8. The first-order valence-corrected chi connectivity index (χ1v) is 20.9. The minimum Gasteiger partial charge on any atom is -0.370 e. The third kappa shape index (κ3) is 13.5. The molecule has 1 saturated carbocycles. The van der Waals surface area contributed by atoms with Crippen LogP contribution in [0.25, 0.3) is 10.8 Å². The highest BCUT2D eigenvalue weighted by molar-refractivity contribution is 7.53. The number of primary amides is 1. The molecule has 0 aromatic heterocycles. The fourth-order valence-corrected chi connectivity index (χ4v) is 9.42. The van der Waals surface area contributed by atoms with Gasteiger partial charge in [-0.05, 0) is 94.7 Å². The Hall–Kier alpha value is -4.12. The van der Waals surface area contributed by atoms with E-state index in [4.69, 9.17) is 14.8 Å². The van der Waals surface area contributed by atoms with E-state index in [2.05, 4.69) is 22.0 Å². The third-order valence-corrected chi connectivity index (χ3v) is 11.7. The Kier molecular flexibility index (Phi) is 14.8. The molecule has 0 radical (unpaired) electrons. The molecule has 1 fully saturated rings. The molecule has 1 aliphatic rings. The van der Waals surface area contributed by atoms with Crippen LogP contribution >= 0.6 is 7.60 Å². The molecule has 55 heavy (non-hydrogen) atoms. The molecule has 3 aromatic carbocycles. The molecule has 0 saturated heterocycles. The van der Waals surface area contributed by atoms with Crippen molar-refractivity contribution in [3.63, 3.8) is 0 Å². The lowest BCUT2D eigenvalue weighted by Crippen LogP contribution is -2.64. The smallest absolute Gasteiger partial charge is 0.336 e. The second-order valence-corrected chi connectivity index (χ2v) is 18.4. The van der Waals surface area contributed by atoms with E-state index in [9.17, 15) is 23.7 Å². The van der Waals surface area contributed by atoms with Crippen molar-refractivity contribution in [1.29, 1.82) is 0 Å². The monoisotopic (exact) mass is 780 g/mol. The Balaban J connectivity index is 1.37. The van der Waals surface area contributed by atoms with E-state index in [0.29, 0.717) is 43.4 Å². The van der Waals surface area contributed by atoms with E-state index < -0.39 is 66.6 Å². The number of hydrogen-bond acceptors (Lipinski definition) is 7. The topological polar surface area (TPSA) is 166 Å². The number of hydrogen-bond donors (Lipinski definition) is 4. The molecular weight excluding hydrogens is 722 g/mol. The minimum atomic E-state index is -3.56. The number of fused-ring (bicyclic) bond motifs is 1. The third-order valence-electron chi connectivity index (χ3n) is 9.26. The van der Waals surface area contributed by atoms with E-state index in [1.807, 2.05) is 36.4 Å². The van der Waals surface area contributed by atoms with Gasteiger partial charge in [-0.1, -0.05) is 86.0 Å². The summed E-state index contributed by atoms with van der Waals surface area (Å²) in [4.78, 5) is 52.4. The molecule has 4 rings (SSSR count). The number of carbonyl (C=O) groups excluding carboxylic acids is 4. The molecule has 0 heterocycles. The summed E-state index contributed by atoms with van der Waals surface area (Å²) in [6.45, 7) is 11.1. The summed E-state index contributed by atoms with van der Waals surface area (Å²) in [5.41, 5.74) is 4.91. The highest BCUT2D eigenvalue weighted by atomic mass is 31.2. The lowest BCUT2D eigenvalue weighted by molar-refractivity contribution is -0.139. The molecule has 1 aliphatic carbocycles. The molecular formula is C42H58FN4O7P. The van der Waals surface area contributed by atoms with E-state index >= 15 is 4.39 Å². The summed E-state index contributed by atoms with van der Waals surface area (Å²) in [7, 11) is -3.56. The maximum absolute atomic E-state index is 15.6. The maximum atomic E-state index is 15.6. The van der Waals surface area contributed by atoms with Crippen LogP contribution in [0.4, 0.5) is 4.39 Å². The predicted octanol–water partition coefficient (Wildman–Crippen LogP) is 6.97. The van der Waals surface area contributed by atoms with Gasteiger partial charge in [-0.25, -0.2) is 4.39 Å². The number of nitrogens with two attached hydrogens (primary N) is 1. The first-order valence-electron chi connectivity index (χ1n) is 19.1. The van der Waals surface area contributed by atoms with Crippen molar-refractivity contribution in [3.8, 4) is 0 Å². The van der Waals surface area contributed by atoms with Crippen LogP contribution in [-0.4, -0.2) is 59.1 Å². The molecule has 2 atom stereocenters. The largest absolute Gasteiger partial charge is 0.370 e. The summed E-state index contributed by atoms with van der Waals surface area (Å²) in [6.07, 6.45) is 1.19. The first-order chi connectivity index (χ1) is 25.8. The summed E-state index contributed by atoms with van der Waals surface area (Å²) in [5.74, 6) is -2.96. The lowest BCUT2D eigenvalue weighted by Gasteiger charge is -2.38. The second kappa shape index (κ2) is 18.7. The highest BCUT2D eigenvalue weighted by Crippen LogP contribution is 2.56. The van der Waals surface area contributed by atoms with Gasteiger partial charge >= 0.3 is 7.60 Å². The van der Waals surface area contributed by atoms with E-state index in [1.165, 1.54) is 0 Å². The number of nitrogens with one attached hydrogen (secondary N) is 3. The van der Waals surface area contributed by atoms with Crippen LogP contribution in [0.2, 0.25) is 0 Å². The highest BCUT2D eigenvalue weighted by Gasteiger charge is 2.43. The van der Waals surface area contributed by atoms with Crippen LogP contribution in [0.15, 0.2) is 66.7 Å². The summed E-state index contributed by atoms with van der Waals surface area (Å²) >= 11 is 0. The number of rotatable bonds is 17. The fraction of sp³-hybridized carbons (Fsp3) is 0.524. The van der Waals surface area contributed by atoms with Crippen LogP contribution in [-0.2, 0) is 51.8 Å². The Bertz CT molecular complexity index is 1820. The Morgan fingerprint density at radius 1 is 0.836 bits per heavy atom. The van der Waals surface area contributed by atoms with E-state index in [0.717, 1.165) is 22.8 Å². The summed E-state index contributed by atoms with van der Waals surface area (Å²) < 4.78 is 41.1. The Morgan fingerprint density at radius 2 is 1.44 bits per heavy atom. The summed E-state index contributed by atoms with van der Waals surface area (Å²) in [5, 5.41) is 10.4.